The molecule has 0 aliphatic rings. The summed E-state index contributed by atoms with van der Waals surface area (Å²) in [5.74, 6) is -0.159. The van der Waals surface area contributed by atoms with Gasteiger partial charge in [-0.15, -0.1) is 0 Å². The van der Waals surface area contributed by atoms with Crippen molar-refractivity contribution in [3.63, 3.8) is 0 Å². The predicted molar refractivity (Wildman–Crippen MR) is 91.8 cm³/mol. The lowest BCUT2D eigenvalue weighted by Gasteiger charge is -2.20. The molecule has 4 nitrogen and oxygen atoms in total. The Kier molecular flexibility index (Phi) is 4.83. The zero-order chi connectivity index (χ0) is 16.2. The van der Waals surface area contributed by atoms with Crippen molar-refractivity contribution in [2.45, 2.75) is 32.9 Å². The summed E-state index contributed by atoms with van der Waals surface area (Å²) in [6.07, 6.45) is 0. The molecule has 0 saturated heterocycles. The highest BCUT2D eigenvalue weighted by atomic mass is 16.1. The van der Waals surface area contributed by atoms with E-state index in [1.165, 1.54) is 0 Å². The molecule has 0 fully saturated rings. The van der Waals surface area contributed by atoms with E-state index in [0.29, 0.717) is 16.9 Å². The van der Waals surface area contributed by atoms with E-state index in [-0.39, 0.29) is 11.4 Å². The Balaban J connectivity index is 2.01. The van der Waals surface area contributed by atoms with Crippen LogP contribution < -0.4 is 16.4 Å². The molecule has 4 heteroatoms. The first-order valence-electron chi connectivity index (χ1n) is 7.35. The highest BCUT2D eigenvalue weighted by Gasteiger charge is 2.10. The van der Waals surface area contributed by atoms with Crippen LogP contribution >= 0.6 is 0 Å². The third kappa shape index (κ3) is 4.60. The molecule has 0 spiro atoms. The molecule has 2 aromatic carbocycles. The normalized spacial score (nSPS) is 11.2. The lowest BCUT2D eigenvalue weighted by molar-refractivity contribution is 0.102. The molecule has 0 heterocycles. The quantitative estimate of drug-likeness (QED) is 0.758. The van der Waals surface area contributed by atoms with Gasteiger partial charge in [0.1, 0.15) is 0 Å². The summed E-state index contributed by atoms with van der Waals surface area (Å²) in [4.78, 5) is 12.2. The minimum Gasteiger partial charge on any atom is -0.397 e. The Morgan fingerprint density at radius 1 is 1.05 bits per heavy atom. The highest BCUT2D eigenvalue weighted by molar-refractivity contribution is 6.05. The molecule has 0 radical (unpaired) electrons. The van der Waals surface area contributed by atoms with Crippen molar-refractivity contribution < 1.29 is 4.79 Å². The number of nitrogen functional groups attached to an aromatic ring is 1. The van der Waals surface area contributed by atoms with Gasteiger partial charge in [-0.25, -0.2) is 0 Å². The van der Waals surface area contributed by atoms with E-state index in [1.807, 2.05) is 36.4 Å². The average Bonchev–Trinajstić information content (AvgIpc) is 2.47. The minimum atomic E-state index is -0.159. The topological polar surface area (TPSA) is 67.2 Å². The summed E-state index contributed by atoms with van der Waals surface area (Å²) in [7, 11) is 0. The van der Waals surface area contributed by atoms with Crippen molar-refractivity contribution in [1.29, 1.82) is 0 Å². The number of para-hydroxylation sites is 2. The monoisotopic (exact) mass is 297 g/mol. The molecule has 0 bridgehead atoms. The Morgan fingerprint density at radius 3 is 2.27 bits per heavy atom. The van der Waals surface area contributed by atoms with Crippen LogP contribution in [-0.4, -0.2) is 11.4 Å². The van der Waals surface area contributed by atoms with Crippen LogP contribution in [0, 0.1) is 0 Å². The first-order chi connectivity index (χ1) is 10.3. The van der Waals surface area contributed by atoms with E-state index in [2.05, 4.69) is 31.4 Å². The molecular weight excluding hydrogens is 274 g/mol. The Labute approximate surface area is 131 Å². The van der Waals surface area contributed by atoms with Crippen LogP contribution in [0.2, 0.25) is 0 Å². The number of amides is 1. The second-order valence-electron chi connectivity index (χ2n) is 6.34. The molecule has 4 N–H and O–H groups in total. The van der Waals surface area contributed by atoms with Gasteiger partial charge in [0.25, 0.3) is 5.91 Å². The van der Waals surface area contributed by atoms with Crippen LogP contribution in [-0.2, 0) is 6.54 Å². The van der Waals surface area contributed by atoms with Crippen molar-refractivity contribution in [2.75, 3.05) is 11.1 Å². The maximum absolute atomic E-state index is 12.2. The smallest absolute Gasteiger partial charge is 0.255 e. The van der Waals surface area contributed by atoms with Crippen LogP contribution in [0.4, 0.5) is 11.4 Å². The van der Waals surface area contributed by atoms with Gasteiger partial charge in [0.05, 0.1) is 11.4 Å². The predicted octanol–water partition coefficient (Wildman–Crippen LogP) is 3.41. The average molecular weight is 297 g/mol. The lowest BCUT2D eigenvalue weighted by Crippen LogP contribution is -2.35. The number of anilines is 2. The lowest BCUT2D eigenvalue weighted by atomic mass is 10.1. The van der Waals surface area contributed by atoms with E-state index in [0.717, 1.165) is 12.1 Å². The van der Waals surface area contributed by atoms with E-state index in [9.17, 15) is 4.79 Å². The molecule has 0 saturated carbocycles. The van der Waals surface area contributed by atoms with Gasteiger partial charge >= 0.3 is 0 Å². The zero-order valence-corrected chi connectivity index (χ0v) is 13.3. The van der Waals surface area contributed by atoms with Gasteiger partial charge in [-0.2, -0.15) is 0 Å². The van der Waals surface area contributed by atoms with Crippen molar-refractivity contribution in [2.24, 2.45) is 0 Å². The van der Waals surface area contributed by atoms with Crippen molar-refractivity contribution in [3.8, 4) is 0 Å². The number of carbonyl (C=O) groups is 1. The molecule has 22 heavy (non-hydrogen) atoms. The summed E-state index contributed by atoms with van der Waals surface area (Å²) < 4.78 is 0. The summed E-state index contributed by atoms with van der Waals surface area (Å²) >= 11 is 0. The Morgan fingerprint density at radius 2 is 1.68 bits per heavy atom. The van der Waals surface area contributed by atoms with E-state index in [4.69, 9.17) is 5.73 Å². The van der Waals surface area contributed by atoms with Crippen LogP contribution in [0.15, 0.2) is 48.5 Å². The third-order valence-corrected chi connectivity index (χ3v) is 3.25. The molecule has 2 rings (SSSR count). The SMILES string of the molecule is CC(C)(C)NCc1ccc(C(=O)Nc2ccccc2N)cc1. The maximum atomic E-state index is 12.2. The number of nitrogens with one attached hydrogen (secondary N) is 2. The van der Waals surface area contributed by atoms with Gasteiger partial charge in [-0.05, 0) is 50.6 Å². The maximum Gasteiger partial charge on any atom is 0.255 e. The van der Waals surface area contributed by atoms with E-state index < -0.39 is 0 Å². The highest BCUT2D eigenvalue weighted by Crippen LogP contribution is 2.18. The van der Waals surface area contributed by atoms with Gasteiger partial charge in [-0.1, -0.05) is 24.3 Å². The molecular formula is C18H23N3O. The van der Waals surface area contributed by atoms with Crippen LogP contribution in [0.5, 0.6) is 0 Å². The molecule has 2 aromatic rings. The number of rotatable bonds is 4. The van der Waals surface area contributed by atoms with Crippen LogP contribution in [0.3, 0.4) is 0 Å². The zero-order valence-electron chi connectivity index (χ0n) is 13.3. The molecule has 0 aliphatic carbocycles. The van der Waals surface area contributed by atoms with E-state index in [1.54, 1.807) is 12.1 Å². The minimum absolute atomic E-state index is 0.0703. The molecule has 116 valence electrons. The van der Waals surface area contributed by atoms with Crippen molar-refractivity contribution in [1.82, 2.24) is 5.32 Å². The number of benzene rings is 2. The fourth-order valence-corrected chi connectivity index (χ4v) is 1.95. The molecule has 0 aliphatic heterocycles. The summed E-state index contributed by atoms with van der Waals surface area (Å²) in [6, 6.07) is 14.8. The first kappa shape index (κ1) is 16.0. The van der Waals surface area contributed by atoms with Gasteiger partial charge in [-0.3, -0.25) is 4.79 Å². The summed E-state index contributed by atoms with van der Waals surface area (Å²) in [6.45, 7) is 7.15. The van der Waals surface area contributed by atoms with Gasteiger partial charge in [0, 0.05) is 17.6 Å². The number of hydrogen-bond donors (Lipinski definition) is 3. The summed E-state index contributed by atoms with van der Waals surface area (Å²) in [5, 5.41) is 6.24. The third-order valence-electron chi connectivity index (χ3n) is 3.25. The number of nitrogens with two attached hydrogens (primary N) is 1. The van der Waals surface area contributed by atoms with Crippen LogP contribution in [0.25, 0.3) is 0 Å². The Hall–Kier alpha value is -2.33. The standard InChI is InChI=1S/C18H23N3O/c1-18(2,3)20-12-13-8-10-14(11-9-13)17(22)21-16-7-5-4-6-15(16)19/h4-11,20H,12,19H2,1-3H3,(H,21,22). The van der Waals surface area contributed by atoms with Crippen LogP contribution in [0.1, 0.15) is 36.7 Å². The number of carbonyl (C=O) groups excluding carboxylic acids is 1. The first-order valence-corrected chi connectivity index (χ1v) is 7.35. The van der Waals surface area contributed by atoms with Gasteiger partial charge < -0.3 is 16.4 Å². The summed E-state index contributed by atoms with van der Waals surface area (Å²) in [5.41, 5.74) is 8.84. The fourth-order valence-electron chi connectivity index (χ4n) is 1.95. The Bertz CT molecular complexity index is 642. The molecule has 0 unspecified atom stereocenters. The fraction of sp³-hybridized carbons (Fsp3) is 0.278. The molecule has 0 atom stereocenters. The second kappa shape index (κ2) is 6.62. The van der Waals surface area contributed by atoms with Crippen molar-refractivity contribution in [3.05, 3.63) is 59.7 Å². The largest absolute Gasteiger partial charge is 0.397 e. The molecule has 1 amide bonds. The van der Waals surface area contributed by atoms with Gasteiger partial charge in [0.15, 0.2) is 0 Å². The molecule has 0 aromatic heterocycles. The second-order valence-corrected chi connectivity index (χ2v) is 6.34. The van der Waals surface area contributed by atoms with Gasteiger partial charge in [0.2, 0.25) is 0 Å². The van der Waals surface area contributed by atoms with Crippen molar-refractivity contribution >= 4 is 17.3 Å². The number of hydrogen-bond acceptors (Lipinski definition) is 3. The van der Waals surface area contributed by atoms with E-state index >= 15 is 0 Å².